The third-order valence-corrected chi connectivity index (χ3v) is 5.72. The summed E-state index contributed by atoms with van der Waals surface area (Å²) >= 11 is 0. The Balaban J connectivity index is 1.61. The number of carbonyl (C=O) groups is 1. The minimum Gasteiger partial charge on any atom is -0.353 e. The molecule has 4 aromatic rings. The molecule has 0 saturated heterocycles. The van der Waals surface area contributed by atoms with Crippen LogP contribution in [-0.4, -0.2) is 63.9 Å². The van der Waals surface area contributed by atoms with Gasteiger partial charge in [0.15, 0.2) is 5.69 Å². The summed E-state index contributed by atoms with van der Waals surface area (Å²) in [6.45, 7) is 7.71. The molecule has 0 saturated carbocycles. The van der Waals surface area contributed by atoms with Crippen molar-refractivity contribution >= 4 is 27.8 Å². The van der Waals surface area contributed by atoms with Gasteiger partial charge in [0.2, 0.25) is 0 Å². The first-order valence-electron chi connectivity index (χ1n) is 10.6. The molecule has 0 atom stereocenters. The second-order valence-corrected chi connectivity index (χ2v) is 7.67. The number of H-pyrrole nitrogens is 2. The molecular formula is C24H27N5O2. The lowest BCUT2D eigenvalue weighted by atomic mass is 10.1. The summed E-state index contributed by atoms with van der Waals surface area (Å²) in [6, 6.07) is 14.9. The molecule has 7 heteroatoms. The van der Waals surface area contributed by atoms with Crippen molar-refractivity contribution in [2.45, 2.75) is 13.8 Å². The Hall–Kier alpha value is -3.45. The Labute approximate surface area is 180 Å². The van der Waals surface area contributed by atoms with E-state index < -0.39 is 0 Å². The highest BCUT2D eigenvalue weighted by molar-refractivity contribution is 5.99. The van der Waals surface area contributed by atoms with Gasteiger partial charge in [0, 0.05) is 36.6 Å². The van der Waals surface area contributed by atoms with Crippen molar-refractivity contribution in [1.82, 2.24) is 24.8 Å². The maximum absolute atomic E-state index is 12.9. The molecule has 1 amide bonds. The number of fused-ring (bicyclic) bond motifs is 2. The maximum atomic E-state index is 12.9. The van der Waals surface area contributed by atoms with E-state index in [1.165, 1.54) is 0 Å². The van der Waals surface area contributed by atoms with Gasteiger partial charge in [0.05, 0.1) is 16.7 Å². The minimum absolute atomic E-state index is 0.0153. The lowest BCUT2D eigenvalue weighted by Crippen LogP contribution is -2.36. The van der Waals surface area contributed by atoms with Gasteiger partial charge in [-0.3, -0.25) is 9.59 Å². The zero-order valence-electron chi connectivity index (χ0n) is 18.1. The number of aromatic amines is 2. The van der Waals surface area contributed by atoms with Crippen LogP contribution in [0.2, 0.25) is 0 Å². The molecule has 160 valence electrons. The molecule has 2 N–H and O–H groups in total. The standard InChI is InChI=1S/C24H27N5O2/c1-4-29(5-2)13-12-28(3)24(31)16-10-11-18-17(14-16)15-21(25-18)22-23(30)27-20-9-7-6-8-19(20)26-22/h6-11,14-15,25H,4-5,12-13H2,1-3H3,(H,27,30). The summed E-state index contributed by atoms with van der Waals surface area (Å²) in [5.74, 6) is -0.0153. The number of benzene rings is 2. The van der Waals surface area contributed by atoms with Crippen molar-refractivity contribution < 1.29 is 4.79 Å². The van der Waals surface area contributed by atoms with Crippen molar-refractivity contribution in [1.29, 1.82) is 0 Å². The van der Waals surface area contributed by atoms with E-state index in [4.69, 9.17) is 0 Å². The van der Waals surface area contributed by atoms with Crippen molar-refractivity contribution in [3.05, 3.63) is 64.4 Å². The second kappa shape index (κ2) is 8.73. The number of hydrogen-bond acceptors (Lipinski definition) is 4. The Morgan fingerprint density at radius 2 is 1.74 bits per heavy atom. The molecule has 4 rings (SSSR count). The highest BCUT2D eigenvalue weighted by Crippen LogP contribution is 2.23. The number of aromatic nitrogens is 3. The van der Waals surface area contributed by atoms with Crippen LogP contribution in [0.3, 0.4) is 0 Å². The number of para-hydroxylation sites is 2. The lowest BCUT2D eigenvalue weighted by molar-refractivity contribution is 0.0780. The van der Waals surface area contributed by atoms with Crippen molar-refractivity contribution in [3.63, 3.8) is 0 Å². The quantitative estimate of drug-likeness (QED) is 0.482. The van der Waals surface area contributed by atoms with E-state index in [9.17, 15) is 9.59 Å². The third-order valence-electron chi connectivity index (χ3n) is 5.72. The Kier molecular flexibility index (Phi) is 5.86. The first-order valence-corrected chi connectivity index (χ1v) is 10.6. The van der Waals surface area contributed by atoms with Gasteiger partial charge < -0.3 is 19.8 Å². The molecule has 2 heterocycles. The van der Waals surface area contributed by atoms with Crippen LogP contribution in [0.1, 0.15) is 24.2 Å². The molecular weight excluding hydrogens is 390 g/mol. The molecule has 0 unspecified atom stereocenters. The minimum atomic E-state index is -0.252. The number of likely N-dealkylation sites (N-methyl/N-ethyl adjacent to an activating group) is 2. The number of carbonyl (C=O) groups excluding carboxylic acids is 1. The predicted octanol–water partition coefficient (Wildman–Crippen LogP) is 3.49. The number of hydrogen-bond donors (Lipinski definition) is 2. The van der Waals surface area contributed by atoms with E-state index in [0.717, 1.165) is 36.1 Å². The van der Waals surface area contributed by atoms with E-state index in [0.29, 0.717) is 29.0 Å². The van der Waals surface area contributed by atoms with Gasteiger partial charge in [-0.1, -0.05) is 26.0 Å². The van der Waals surface area contributed by atoms with E-state index >= 15 is 0 Å². The molecule has 2 aromatic heterocycles. The highest BCUT2D eigenvalue weighted by atomic mass is 16.2. The largest absolute Gasteiger partial charge is 0.353 e. The summed E-state index contributed by atoms with van der Waals surface area (Å²) in [7, 11) is 1.83. The molecule has 0 aliphatic heterocycles. The maximum Gasteiger partial charge on any atom is 0.276 e. The first kappa shape index (κ1) is 20.8. The van der Waals surface area contributed by atoms with Crippen LogP contribution in [0.15, 0.2) is 53.3 Å². The fourth-order valence-electron chi connectivity index (χ4n) is 3.76. The third kappa shape index (κ3) is 4.22. The summed E-state index contributed by atoms with van der Waals surface area (Å²) in [4.78, 5) is 40.1. The summed E-state index contributed by atoms with van der Waals surface area (Å²) in [5, 5.41) is 0.868. The molecule has 0 aliphatic carbocycles. The van der Waals surface area contributed by atoms with E-state index in [1.807, 2.05) is 55.6 Å². The summed E-state index contributed by atoms with van der Waals surface area (Å²) in [6.07, 6.45) is 0. The van der Waals surface area contributed by atoms with Crippen LogP contribution >= 0.6 is 0 Å². The number of nitrogens with one attached hydrogen (secondary N) is 2. The van der Waals surface area contributed by atoms with Crippen LogP contribution in [0.4, 0.5) is 0 Å². The fraction of sp³-hybridized carbons (Fsp3) is 0.292. The Morgan fingerprint density at radius 3 is 2.52 bits per heavy atom. The monoisotopic (exact) mass is 417 g/mol. The fourth-order valence-corrected chi connectivity index (χ4v) is 3.76. The van der Waals surface area contributed by atoms with Crippen molar-refractivity contribution in [2.75, 3.05) is 33.2 Å². The van der Waals surface area contributed by atoms with Gasteiger partial charge in [-0.2, -0.15) is 0 Å². The first-order chi connectivity index (χ1) is 15.0. The molecule has 0 bridgehead atoms. The predicted molar refractivity (Wildman–Crippen MR) is 124 cm³/mol. The van der Waals surface area contributed by atoms with Gasteiger partial charge in [0.25, 0.3) is 11.5 Å². The number of nitrogens with zero attached hydrogens (tertiary/aromatic N) is 3. The van der Waals surface area contributed by atoms with Gasteiger partial charge in [-0.05, 0) is 49.5 Å². The van der Waals surface area contributed by atoms with E-state index in [1.54, 1.807) is 4.90 Å². The normalized spacial score (nSPS) is 11.5. The van der Waals surface area contributed by atoms with Crippen LogP contribution < -0.4 is 5.56 Å². The summed E-state index contributed by atoms with van der Waals surface area (Å²) in [5.41, 5.74) is 3.61. The molecule has 0 aliphatic rings. The topological polar surface area (TPSA) is 85.1 Å². The van der Waals surface area contributed by atoms with Crippen LogP contribution in [0.5, 0.6) is 0 Å². The molecule has 7 nitrogen and oxygen atoms in total. The molecule has 0 fully saturated rings. The zero-order valence-corrected chi connectivity index (χ0v) is 18.1. The Bertz CT molecular complexity index is 1290. The smallest absolute Gasteiger partial charge is 0.276 e. The van der Waals surface area contributed by atoms with E-state index in [2.05, 4.69) is 33.7 Å². The second-order valence-electron chi connectivity index (χ2n) is 7.67. The van der Waals surface area contributed by atoms with Crippen LogP contribution in [-0.2, 0) is 0 Å². The average Bonchev–Trinajstić information content (AvgIpc) is 3.21. The summed E-state index contributed by atoms with van der Waals surface area (Å²) < 4.78 is 0. The molecule has 0 radical (unpaired) electrons. The van der Waals surface area contributed by atoms with Crippen molar-refractivity contribution in [2.24, 2.45) is 0 Å². The average molecular weight is 418 g/mol. The van der Waals surface area contributed by atoms with Gasteiger partial charge in [-0.25, -0.2) is 4.98 Å². The van der Waals surface area contributed by atoms with Gasteiger partial charge in [0.1, 0.15) is 0 Å². The van der Waals surface area contributed by atoms with Crippen LogP contribution in [0.25, 0.3) is 33.3 Å². The molecule has 0 spiro atoms. The Morgan fingerprint density at radius 1 is 0.968 bits per heavy atom. The van der Waals surface area contributed by atoms with Crippen LogP contribution in [0, 0.1) is 0 Å². The van der Waals surface area contributed by atoms with Crippen molar-refractivity contribution in [3.8, 4) is 11.4 Å². The van der Waals surface area contributed by atoms with E-state index in [-0.39, 0.29) is 11.5 Å². The SMILES string of the molecule is CCN(CC)CCN(C)C(=O)c1ccc2[nH]c(-c3nc4ccccc4[nH]c3=O)cc2c1. The number of rotatable bonds is 7. The van der Waals surface area contributed by atoms with Gasteiger partial charge >= 0.3 is 0 Å². The molecule has 31 heavy (non-hydrogen) atoms. The highest BCUT2D eigenvalue weighted by Gasteiger charge is 2.15. The van der Waals surface area contributed by atoms with Gasteiger partial charge in [-0.15, -0.1) is 0 Å². The molecule has 2 aromatic carbocycles. The lowest BCUT2D eigenvalue weighted by Gasteiger charge is -2.23. The zero-order chi connectivity index (χ0) is 22.0. The number of amides is 1.